The lowest BCUT2D eigenvalue weighted by atomic mass is 10.1. The fourth-order valence-electron chi connectivity index (χ4n) is 4.26. The predicted molar refractivity (Wildman–Crippen MR) is 138 cm³/mol. The molecule has 0 unspecified atom stereocenters. The lowest BCUT2D eigenvalue weighted by molar-refractivity contribution is -0.274. The molecule has 0 fully saturated rings. The Labute approximate surface area is 221 Å². The fourth-order valence-corrected chi connectivity index (χ4v) is 4.26. The minimum atomic E-state index is -4.80. The molecular weight excluding hydrogens is 517 g/mol. The van der Waals surface area contributed by atoms with E-state index >= 15 is 0 Å². The lowest BCUT2D eigenvalue weighted by Crippen LogP contribution is -2.40. The SMILES string of the molecule is Cc1ccc(Cn2c(CCCOc3cccc(OC(F)(F)F)c3)nc3c2c(=O)n(CCCO)c(=O)n3C)cc1. The van der Waals surface area contributed by atoms with Crippen molar-refractivity contribution in [1.82, 2.24) is 18.7 Å². The molecule has 1 N–H and O–H groups in total. The molecule has 39 heavy (non-hydrogen) atoms. The highest BCUT2D eigenvalue weighted by Crippen LogP contribution is 2.26. The van der Waals surface area contributed by atoms with E-state index in [1.807, 2.05) is 31.2 Å². The van der Waals surface area contributed by atoms with E-state index in [0.717, 1.165) is 21.8 Å². The molecule has 0 aliphatic rings. The highest BCUT2D eigenvalue weighted by Gasteiger charge is 2.31. The summed E-state index contributed by atoms with van der Waals surface area (Å²) < 4.78 is 51.3. The second kappa shape index (κ2) is 11.8. The first-order valence-corrected chi connectivity index (χ1v) is 12.4. The van der Waals surface area contributed by atoms with Gasteiger partial charge in [-0.25, -0.2) is 9.78 Å². The number of aliphatic hydroxyl groups is 1. The number of aryl methyl sites for hydroxylation is 3. The van der Waals surface area contributed by atoms with Crippen LogP contribution >= 0.6 is 0 Å². The largest absolute Gasteiger partial charge is 0.573 e. The van der Waals surface area contributed by atoms with E-state index < -0.39 is 17.6 Å². The van der Waals surface area contributed by atoms with Gasteiger partial charge in [0.05, 0.1) is 6.61 Å². The van der Waals surface area contributed by atoms with Crippen molar-refractivity contribution >= 4 is 11.2 Å². The Morgan fingerprint density at radius 3 is 2.41 bits per heavy atom. The number of aromatic nitrogens is 4. The quantitative estimate of drug-likeness (QED) is 0.289. The van der Waals surface area contributed by atoms with Crippen LogP contribution in [0.1, 0.15) is 29.8 Å². The summed E-state index contributed by atoms with van der Waals surface area (Å²) in [4.78, 5) is 30.9. The van der Waals surface area contributed by atoms with Crippen molar-refractivity contribution in [3.63, 3.8) is 0 Å². The van der Waals surface area contributed by atoms with Gasteiger partial charge < -0.3 is 19.1 Å². The van der Waals surface area contributed by atoms with Crippen molar-refractivity contribution in [2.45, 2.75) is 45.6 Å². The highest BCUT2D eigenvalue weighted by molar-refractivity contribution is 5.71. The van der Waals surface area contributed by atoms with Crippen LogP contribution in [0, 0.1) is 6.92 Å². The average molecular weight is 547 g/mol. The van der Waals surface area contributed by atoms with Crippen molar-refractivity contribution in [1.29, 1.82) is 0 Å². The Hall–Kier alpha value is -4.06. The van der Waals surface area contributed by atoms with Crippen LogP contribution in [0.3, 0.4) is 0 Å². The van der Waals surface area contributed by atoms with Gasteiger partial charge in [0.2, 0.25) is 0 Å². The van der Waals surface area contributed by atoms with Gasteiger partial charge in [-0.3, -0.25) is 13.9 Å². The third-order valence-corrected chi connectivity index (χ3v) is 6.17. The topological polar surface area (TPSA) is 101 Å². The minimum absolute atomic E-state index is 0.0773. The van der Waals surface area contributed by atoms with Gasteiger partial charge in [0.15, 0.2) is 11.2 Å². The second-order valence-corrected chi connectivity index (χ2v) is 9.12. The van der Waals surface area contributed by atoms with Gasteiger partial charge in [0.1, 0.15) is 17.3 Å². The van der Waals surface area contributed by atoms with Crippen molar-refractivity contribution in [2.24, 2.45) is 7.05 Å². The van der Waals surface area contributed by atoms with Crippen LogP contribution < -0.4 is 20.7 Å². The smallest absolute Gasteiger partial charge is 0.493 e. The molecule has 2 heterocycles. The summed E-state index contributed by atoms with van der Waals surface area (Å²) in [5, 5.41) is 9.23. The van der Waals surface area contributed by atoms with Gasteiger partial charge in [0.25, 0.3) is 5.56 Å². The molecule has 0 radical (unpaired) electrons. The molecule has 0 spiro atoms. The molecule has 0 atom stereocenters. The number of ether oxygens (including phenoxy) is 2. The number of hydrogen-bond donors (Lipinski definition) is 1. The Morgan fingerprint density at radius 1 is 1.00 bits per heavy atom. The zero-order valence-electron chi connectivity index (χ0n) is 21.6. The summed E-state index contributed by atoms with van der Waals surface area (Å²) in [6, 6.07) is 13.1. The molecule has 9 nitrogen and oxygen atoms in total. The molecule has 0 aliphatic heterocycles. The monoisotopic (exact) mass is 546 g/mol. The molecular formula is C27H29F3N4O5. The average Bonchev–Trinajstić information content (AvgIpc) is 3.24. The van der Waals surface area contributed by atoms with Crippen LogP contribution in [-0.2, 0) is 26.6 Å². The summed E-state index contributed by atoms with van der Waals surface area (Å²) in [5.74, 6) is 0.410. The number of hydrogen-bond acceptors (Lipinski definition) is 6. The van der Waals surface area contributed by atoms with Crippen LogP contribution in [-0.4, -0.2) is 43.4 Å². The summed E-state index contributed by atoms with van der Waals surface area (Å²) >= 11 is 0. The Kier molecular flexibility index (Phi) is 8.44. The van der Waals surface area contributed by atoms with Gasteiger partial charge in [-0.2, -0.15) is 0 Å². The first kappa shape index (κ1) is 28.0. The summed E-state index contributed by atoms with van der Waals surface area (Å²) in [6.07, 6.45) is -3.73. The molecule has 0 aliphatic carbocycles. The first-order valence-electron chi connectivity index (χ1n) is 12.4. The van der Waals surface area contributed by atoms with Gasteiger partial charge in [-0.05, 0) is 37.5 Å². The molecule has 4 aromatic rings. The Morgan fingerprint density at radius 2 is 1.72 bits per heavy atom. The zero-order chi connectivity index (χ0) is 28.2. The molecule has 4 rings (SSSR count). The maximum atomic E-state index is 13.4. The third kappa shape index (κ3) is 6.69. The molecule has 0 amide bonds. The van der Waals surface area contributed by atoms with Crippen LogP contribution in [0.4, 0.5) is 13.2 Å². The van der Waals surface area contributed by atoms with E-state index in [1.165, 1.54) is 22.8 Å². The predicted octanol–water partition coefficient (Wildman–Crippen LogP) is 3.55. The number of aliphatic hydroxyl groups excluding tert-OH is 1. The minimum Gasteiger partial charge on any atom is -0.493 e. The third-order valence-electron chi connectivity index (χ3n) is 6.17. The van der Waals surface area contributed by atoms with Gasteiger partial charge >= 0.3 is 12.1 Å². The molecule has 12 heteroatoms. The van der Waals surface area contributed by atoms with E-state index in [2.05, 4.69) is 9.72 Å². The number of halogens is 3. The molecule has 0 saturated carbocycles. The molecule has 208 valence electrons. The number of nitrogens with zero attached hydrogens (tertiary/aromatic N) is 4. The number of alkyl halides is 3. The summed E-state index contributed by atoms with van der Waals surface area (Å²) in [7, 11) is 1.55. The maximum Gasteiger partial charge on any atom is 0.573 e. The van der Waals surface area contributed by atoms with E-state index in [-0.39, 0.29) is 48.8 Å². The zero-order valence-corrected chi connectivity index (χ0v) is 21.6. The maximum absolute atomic E-state index is 13.4. The van der Waals surface area contributed by atoms with E-state index in [0.29, 0.717) is 25.2 Å². The first-order chi connectivity index (χ1) is 18.6. The van der Waals surface area contributed by atoms with Gasteiger partial charge in [0, 0.05) is 39.2 Å². The standard InChI is InChI=1S/C27H29F3N4O5/c1-18-9-11-19(12-10-18)17-34-22(8-4-15-38-20-6-3-7-21(16-20)39-27(28,29)30)31-24-23(34)25(36)33(13-5-14-35)26(37)32(24)2/h3,6-7,9-12,16,35H,4-5,8,13-15,17H2,1-2H3. The highest BCUT2D eigenvalue weighted by atomic mass is 19.4. The summed E-state index contributed by atoms with van der Waals surface area (Å²) in [6.45, 7) is 2.41. The van der Waals surface area contributed by atoms with Crippen LogP contribution in [0.5, 0.6) is 11.5 Å². The van der Waals surface area contributed by atoms with E-state index in [1.54, 1.807) is 11.6 Å². The Bertz CT molecular complexity index is 1560. The van der Waals surface area contributed by atoms with Crippen LogP contribution in [0.2, 0.25) is 0 Å². The number of fused-ring (bicyclic) bond motifs is 1. The normalized spacial score (nSPS) is 11.7. The molecule has 2 aromatic heterocycles. The molecule has 0 saturated heterocycles. The lowest BCUT2D eigenvalue weighted by Gasteiger charge is -2.12. The van der Waals surface area contributed by atoms with Crippen molar-refractivity contribution in [2.75, 3.05) is 13.2 Å². The van der Waals surface area contributed by atoms with Crippen molar-refractivity contribution in [3.8, 4) is 11.5 Å². The van der Waals surface area contributed by atoms with E-state index in [4.69, 9.17) is 4.74 Å². The fraction of sp³-hybridized carbons (Fsp3) is 0.370. The molecule has 2 aromatic carbocycles. The number of imidazole rings is 1. The van der Waals surface area contributed by atoms with Crippen LogP contribution in [0.15, 0.2) is 58.1 Å². The molecule has 0 bridgehead atoms. The second-order valence-electron chi connectivity index (χ2n) is 9.12. The van der Waals surface area contributed by atoms with Crippen molar-refractivity contribution < 1.29 is 27.8 Å². The summed E-state index contributed by atoms with van der Waals surface area (Å²) in [5.41, 5.74) is 1.56. The number of benzene rings is 2. The Balaban J connectivity index is 1.61. The van der Waals surface area contributed by atoms with Gasteiger partial charge in [-0.1, -0.05) is 35.9 Å². The van der Waals surface area contributed by atoms with Crippen molar-refractivity contribution in [3.05, 3.63) is 86.3 Å². The van der Waals surface area contributed by atoms with E-state index in [9.17, 15) is 27.9 Å². The van der Waals surface area contributed by atoms with Crippen LogP contribution in [0.25, 0.3) is 11.2 Å². The number of rotatable bonds is 11. The van der Waals surface area contributed by atoms with Gasteiger partial charge in [-0.15, -0.1) is 13.2 Å².